The van der Waals surface area contributed by atoms with Gasteiger partial charge in [0.05, 0.1) is 30.8 Å². The van der Waals surface area contributed by atoms with Crippen LogP contribution in [0.15, 0.2) is 18.2 Å². The molecule has 0 bridgehead atoms. The van der Waals surface area contributed by atoms with Gasteiger partial charge in [0.15, 0.2) is 0 Å². The molecule has 2 aliphatic rings. The van der Waals surface area contributed by atoms with E-state index in [1.165, 1.54) is 12.1 Å². The van der Waals surface area contributed by atoms with Crippen LogP contribution in [0.2, 0.25) is 0 Å². The van der Waals surface area contributed by atoms with Crippen molar-refractivity contribution in [3.05, 3.63) is 35.1 Å². The second-order valence-electron chi connectivity index (χ2n) is 9.42. The SMILES string of the molecule is CCCC1(C(O)c2cc(F)cc(C3C(COCCCCS)[C@H](C#N)C[C@H]3O)c2)CCC1. The van der Waals surface area contributed by atoms with E-state index in [0.29, 0.717) is 30.8 Å². The van der Waals surface area contributed by atoms with Crippen LogP contribution in [-0.2, 0) is 4.74 Å². The van der Waals surface area contributed by atoms with E-state index in [-0.39, 0.29) is 23.2 Å². The molecule has 0 radical (unpaired) electrons. The number of nitrogens with zero attached hydrogens (tertiary/aromatic N) is 1. The highest BCUT2D eigenvalue weighted by atomic mass is 32.1. The van der Waals surface area contributed by atoms with E-state index in [1.807, 2.05) is 6.07 Å². The molecular weight excluding hydrogens is 413 g/mol. The average Bonchev–Trinajstić information content (AvgIpc) is 3.04. The van der Waals surface area contributed by atoms with Gasteiger partial charge in [0.25, 0.3) is 0 Å². The van der Waals surface area contributed by atoms with Crippen molar-refractivity contribution in [2.45, 2.75) is 76.4 Å². The highest BCUT2D eigenvalue weighted by Crippen LogP contribution is 2.54. The van der Waals surface area contributed by atoms with Crippen molar-refractivity contribution in [2.75, 3.05) is 19.0 Å². The fourth-order valence-corrected chi connectivity index (χ4v) is 5.84. The minimum Gasteiger partial charge on any atom is -0.392 e. The van der Waals surface area contributed by atoms with Crippen LogP contribution in [0.25, 0.3) is 0 Å². The zero-order valence-corrected chi connectivity index (χ0v) is 19.4. The van der Waals surface area contributed by atoms with Gasteiger partial charge in [-0.2, -0.15) is 17.9 Å². The van der Waals surface area contributed by atoms with E-state index in [1.54, 1.807) is 0 Å². The van der Waals surface area contributed by atoms with Gasteiger partial charge < -0.3 is 14.9 Å². The lowest BCUT2D eigenvalue weighted by molar-refractivity contribution is -0.0442. The van der Waals surface area contributed by atoms with Crippen LogP contribution in [-0.4, -0.2) is 35.3 Å². The summed E-state index contributed by atoms with van der Waals surface area (Å²) in [7, 11) is 0. The summed E-state index contributed by atoms with van der Waals surface area (Å²) in [5, 5.41) is 31.6. The quantitative estimate of drug-likeness (QED) is 0.322. The molecule has 0 amide bonds. The van der Waals surface area contributed by atoms with E-state index in [2.05, 4.69) is 25.6 Å². The normalized spacial score (nSPS) is 28.1. The number of aliphatic hydroxyl groups excluding tert-OH is 2. The van der Waals surface area contributed by atoms with Crippen LogP contribution < -0.4 is 0 Å². The Bertz CT molecular complexity index is 764. The predicted molar refractivity (Wildman–Crippen MR) is 122 cm³/mol. The number of nitriles is 1. The number of thiol groups is 1. The van der Waals surface area contributed by atoms with Gasteiger partial charge in [0.1, 0.15) is 5.82 Å². The minimum atomic E-state index is -0.726. The zero-order chi connectivity index (χ0) is 22.4. The van der Waals surface area contributed by atoms with Crippen LogP contribution >= 0.6 is 12.6 Å². The molecule has 0 aliphatic heterocycles. The van der Waals surface area contributed by atoms with E-state index in [0.717, 1.165) is 50.7 Å². The molecule has 0 spiro atoms. The van der Waals surface area contributed by atoms with Gasteiger partial charge in [-0.15, -0.1) is 0 Å². The average molecular weight is 450 g/mol. The van der Waals surface area contributed by atoms with Crippen LogP contribution in [0.1, 0.15) is 81.4 Å². The Kier molecular flexibility index (Phi) is 8.81. The number of aliphatic hydroxyl groups is 2. The summed E-state index contributed by atoms with van der Waals surface area (Å²) >= 11 is 4.21. The maximum atomic E-state index is 14.7. The maximum Gasteiger partial charge on any atom is 0.123 e. The number of ether oxygens (including phenoxy) is 1. The van der Waals surface area contributed by atoms with Crippen molar-refractivity contribution in [3.63, 3.8) is 0 Å². The molecule has 3 unspecified atom stereocenters. The smallest absolute Gasteiger partial charge is 0.123 e. The van der Waals surface area contributed by atoms with Gasteiger partial charge in [0.2, 0.25) is 0 Å². The molecule has 3 rings (SSSR count). The fourth-order valence-electron chi connectivity index (χ4n) is 5.62. The third kappa shape index (κ3) is 5.45. The van der Waals surface area contributed by atoms with Crippen molar-refractivity contribution >= 4 is 12.6 Å². The van der Waals surface area contributed by atoms with Crippen LogP contribution in [0.4, 0.5) is 4.39 Å². The van der Waals surface area contributed by atoms with Gasteiger partial charge in [-0.1, -0.05) is 25.8 Å². The van der Waals surface area contributed by atoms with Crippen LogP contribution in [0.3, 0.4) is 0 Å². The summed E-state index contributed by atoms with van der Waals surface area (Å²) in [6.07, 6.45) is 5.70. The van der Waals surface area contributed by atoms with E-state index < -0.39 is 18.0 Å². The van der Waals surface area contributed by atoms with Gasteiger partial charge in [-0.3, -0.25) is 0 Å². The third-order valence-electron chi connectivity index (χ3n) is 7.38. The molecule has 0 heterocycles. The number of hydrogen-bond acceptors (Lipinski definition) is 5. The van der Waals surface area contributed by atoms with E-state index in [4.69, 9.17) is 4.74 Å². The topological polar surface area (TPSA) is 73.5 Å². The lowest BCUT2D eigenvalue weighted by Crippen LogP contribution is -2.36. The number of halogens is 1. The van der Waals surface area contributed by atoms with Crippen LogP contribution in [0, 0.1) is 34.4 Å². The summed E-state index contributed by atoms with van der Waals surface area (Å²) in [6.45, 7) is 3.06. The van der Waals surface area contributed by atoms with Crippen molar-refractivity contribution in [2.24, 2.45) is 17.3 Å². The molecule has 0 saturated heterocycles. The van der Waals surface area contributed by atoms with Crippen molar-refractivity contribution in [1.82, 2.24) is 0 Å². The molecule has 6 heteroatoms. The van der Waals surface area contributed by atoms with Crippen LogP contribution in [0.5, 0.6) is 0 Å². The van der Waals surface area contributed by atoms with Gasteiger partial charge in [-0.05, 0) is 67.5 Å². The predicted octanol–water partition coefficient (Wildman–Crippen LogP) is 5.16. The van der Waals surface area contributed by atoms with Gasteiger partial charge >= 0.3 is 0 Å². The second kappa shape index (κ2) is 11.1. The Morgan fingerprint density at radius 2 is 2.10 bits per heavy atom. The minimum absolute atomic E-state index is 0.168. The first kappa shape index (κ1) is 24.5. The molecule has 2 fully saturated rings. The van der Waals surface area contributed by atoms with Crippen molar-refractivity contribution in [3.8, 4) is 6.07 Å². The third-order valence-corrected chi connectivity index (χ3v) is 7.70. The number of benzene rings is 1. The summed E-state index contributed by atoms with van der Waals surface area (Å²) in [5.41, 5.74) is 1.08. The highest BCUT2D eigenvalue weighted by Gasteiger charge is 2.46. The number of unbranched alkanes of at least 4 members (excludes halogenated alkanes) is 1. The maximum absolute atomic E-state index is 14.7. The molecule has 4 nitrogen and oxygen atoms in total. The Hall–Kier alpha value is -1.13. The van der Waals surface area contributed by atoms with Gasteiger partial charge in [0, 0.05) is 23.9 Å². The fraction of sp³-hybridized carbons (Fsp3) is 0.720. The summed E-state index contributed by atoms with van der Waals surface area (Å²) in [4.78, 5) is 0. The molecule has 2 N–H and O–H groups in total. The van der Waals surface area contributed by atoms with Crippen molar-refractivity contribution in [1.29, 1.82) is 5.26 Å². The molecule has 2 aliphatic carbocycles. The standard InChI is InChI=1S/C25H36FNO3S/c1-2-6-25(7-5-8-25)24(29)18-11-17(12-20(26)13-18)23-21(16-30-9-3-4-10-31)19(15-27)14-22(23)28/h11-13,19,21-24,28-29,31H,2-10,14,16H2,1H3/t19-,21?,22+,23?,24?/m0/s1. The van der Waals surface area contributed by atoms with E-state index in [9.17, 15) is 19.9 Å². The molecule has 0 aromatic heterocycles. The van der Waals surface area contributed by atoms with Crippen molar-refractivity contribution < 1.29 is 19.3 Å². The molecule has 5 atom stereocenters. The first-order chi connectivity index (χ1) is 15.0. The van der Waals surface area contributed by atoms with E-state index >= 15 is 0 Å². The molecule has 1 aromatic carbocycles. The monoisotopic (exact) mass is 449 g/mol. The lowest BCUT2D eigenvalue weighted by Gasteiger charge is -2.46. The first-order valence-electron chi connectivity index (χ1n) is 11.7. The summed E-state index contributed by atoms with van der Waals surface area (Å²) in [6, 6.07) is 7.04. The first-order valence-corrected chi connectivity index (χ1v) is 12.3. The van der Waals surface area contributed by atoms with Gasteiger partial charge in [-0.25, -0.2) is 4.39 Å². The molecule has 2 saturated carbocycles. The zero-order valence-electron chi connectivity index (χ0n) is 18.5. The summed E-state index contributed by atoms with van der Waals surface area (Å²) < 4.78 is 20.5. The number of hydrogen-bond donors (Lipinski definition) is 3. The second-order valence-corrected chi connectivity index (χ2v) is 9.87. The highest BCUT2D eigenvalue weighted by molar-refractivity contribution is 7.80. The molecular formula is C25H36FNO3S. The number of rotatable bonds is 11. The Balaban J connectivity index is 1.83. The summed E-state index contributed by atoms with van der Waals surface area (Å²) in [5.74, 6) is -0.503. The Labute approximate surface area is 191 Å². The molecule has 172 valence electrons. The Morgan fingerprint density at radius 3 is 2.71 bits per heavy atom. The Morgan fingerprint density at radius 1 is 1.32 bits per heavy atom. The molecule has 1 aromatic rings. The lowest BCUT2D eigenvalue weighted by atomic mass is 9.61. The largest absolute Gasteiger partial charge is 0.392 e. The molecule has 31 heavy (non-hydrogen) atoms.